The molecule has 13 heteroatoms. The first-order chi connectivity index (χ1) is 28.3. The third-order valence-electron chi connectivity index (χ3n) is 12.1. The fourth-order valence-electron chi connectivity index (χ4n) is 9.41. The summed E-state index contributed by atoms with van der Waals surface area (Å²) in [6.45, 7) is 11.1. The highest BCUT2D eigenvalue weighted by atomic mass is 35.5. The molecular formula is C47H50ClN2O8S2-. The van der Waals surface area contributed by atoms with E-state index >= 15 is 0 Å². The molecular weight excluding hydrogens is 820 g/mol. The van der Waals surface area contributed by atoms with E-state index in [1.54, 1.807) is 6.92 Å². The SMILES string of the molecule is CCOC(=O)C1CC(/C=C/C2=[N+](CCCS(=O)(=O)[O-])c3ccc4ccccc4c3C2(C)C)=C(Cl)C(=C/C=C2/N(CCCS(=O)(=O)[O-])c3ccc4ccccc4c3C2(C)C)/C1. The topological polar surface area (TPSA) is 147 Å². The number of fused-ring (bicyclic) bond motifs is 6. The van der Waals surface area contributed by atoms with E-state index in [-0.39, 0.29) is 25.4 Å². The fraction of sp³-hybridized carbons (Fsp3) is 0.362. The van der Waals surface area contributed by atoms with E-state index in [1.807, 2.05) is 72.8 Å². The number of hydrogen-bond donors (Lipinski definition) is 0. The number of nitrogens with zero attached hydrogens (tertiary/aromatic N) is 2. The standard InChI is InChI=1S/C47H51ClN2O8S2/c1-6-58-45(51)35-29-33(19-23-40-46(2,3)42-36-15-9-7-13-31(36)17-21-38(42)49(40)25-11-27-59(52,53)54)44(48)34(30-35)20-24-41-47(4,5)43-37-16-10-8-14-32(37)18-22-39(43)50(41)26-12-28-60(55,56)57/h7-10,13-24,35H,6,11-12,25-30H2,1-5H3,(H-,52,53,54,55,56,57)/p-1. The van der Waals surface area contributed by atoms with Gasteiger partial charge in [0, 0.05) is 64.0 Å². The van der Waals surface area contributed by atoms with Gasteiger partial charge < -0.3 is 18.7 Å². The average molecular weight is 871 g/mol. The van der Waals surface area contributed by atoms with Gasteiger partial charge in [-0.3, -0.25) is 4.79 Å². The van der Waals surface area contributed by atoms with Crippen molar-refractivity contribution in [2.24, 2.45) is 5.92 Å². The summed E-state index contributed by atoms with van der Waals surface area (Å²) in [6, 6.07) is 24.4. The van der Waals surface area contributed by atoms with E-state index in [1.165, 1.54) is 0 Å². The smallest absolute Gasteiger partial charge is 0.309 e. The number of allylic oxidation sites excluding steroid dienone is 8. The van der Waals surface area contributed by atoms with Gasteiger partial charge >= 0.3 is 5.97 Å². The van der Waals surface area contributed by atoms with E-state index < -0.39 is 48.5 Å². The quantitative estimate of drug-likeness (QED) is 0.0730. The van der Waals surface area contributed by atoms with Crippen molar-refractivity contribution in [3.8, 4) is 0 Å². The molecule has 4 aromatic rings. The fourth-order valence-corrected chi connectivity index (χ4v) is 10.7. The molecule has 1 aliphatic carbocycles. The molecule has 0 spiro atoms. The normalized spacial score (nSPS) is 20.3. The van der Waals surface area contributed by atoms with Crippen LogP contribution in [0.25, 0.3) is 21.5 Å². The summed E-state index contributed by atoms with van der Waals surface area (Å²) in [5.74, 6) is -1.83. The van der Waals surface area contributed by atoms with Crippen molar-refractivity contribution in [1.82, 2.24) is 0 Å². The Morgan fingerprint density at radius 2 is 1.43 bits per heavy atom. The van der Waals surface area contributed by atoms with E-state index in [2.05, 4.69) is 61.4 Å². The van der Waals surface area contributed by atoms with Gasteiger partial charge in [-0.2, -0.15) is 4.58 Å². The van der Waals surface area contributed by atoms with Crippen LogP contribution in [0.4, 0.5) is 11.4 Å². The van der Waals surface area contributed by atoms with Crippen LogP contribution in [-0.4, -0.2) is 73.4 Å². The van der Waals surface area contributed by atoms with Crippen molar-refractivity contribution in [1.29, 1.82) is 0 Å². The Hall–Kier alpha value is -4.59. The van der Waals surface area contributed by atoms with E-state index in [9.17, 15) is 30.7 Å². The number of carbonyl (C=O) groups excluding carboxylic acids is 1. The lowest BCUT2D eigenvalue weighted by Gasteiger charge is -2.28. The zero-order chi connectivity index (χ0) is 43.2. The Kier molecular flexibility index (Phi) is 12.1. The summed E-state index contributed by atoms with van der Waals surface area (Å²) in [5.41, 5.74) is 6.25. The maximum absolute atomic E-state index is 13.4. The molecule has 1 atom stereocenters. The third-order valence-corrected chi connectivity index (χ3v) is 14.1. The number of esters is 1. The molecule has 0 saturated carbocycles. The summed E-state index contributed by atoms with van der Waals surface area (Å²) in [4.78, 5) is 15.5. The van der Waals surface area contributed by atoms with Crippen LogP contribution < -0.4 is 4.90 Å². The van der Waals surface area contributed by atoms with Crippen LogP contribution in [-0.2, 0) is 40.6 Å². The monoisotopic (exact) mass is 869 g/mol. The molecule has 0 amide bonds. The number of benzene rings is 4. The van der Waals surface area contributed by atoms with Crippen LogP contribution in [0.3, 0.4) is 0 Å². The van der Waals surface area contributed by atoms with Crippen molar-refractivity contribution < 1.29 is 40.0 Å². The minimum Gasteiger partial charge on any atom is -0.748 e. The molecule has 10 nitrogen and oxygen atoms in total. The Morgan fingerprint density at radius 3 is 2.08 bits per heavy atom. The maximum atomic E-state index is 13.4. The van der Waals surface area contributed by atoms with Gasteiger partial charge in [0.2, 0.25) is 5.69 Å². The molecule has 4 aromatic carbocycles. The Morgan fingerprint density at radius 1 is 0.817 bits per heavy atom. The van der Waals surface area contributed by atoms with Crippen molar-refractivity contribution >= 4 is 76.4 Å². The second-order valence-electron chi connectivity index (χ2n) is 16.8. The van der Waals surface area contributed by atoms with Gasteiger partial charge in [0.1, 0.15) is 6.54 Å². The van der Waals surface area contributed by atoms with E-state index in [0.717, 1.165) is 66.6 Å². The maximum Gasteiger partial charge on any atom is 0.309 e. The van der Waals surface area contributed by atoms with Crippen LogP contribution in [0.1, 0.15) is 71.4 Å². The number of ether oxygens (including phenoxy) is 1. The van der Waals surface area contributed by atoms with E-state index in [4.69, 9.17) is 16.3 Å². The lowest BCUT2D eigenvalue weighted by atomic mass is 9.78. The first-order valence-corrected chi connectivity index (χ1v) is 23.8. The van der Waals surface area contributed by atoms with Crippen LogP contribution >= 0.6 is 11.6 Å². The van der Waals surface area contributed by atoms with Crippen molar-refractivity contribution in [3.63, 3.8) is 0 Å². The van der Waals surface area contributed by atoms with Crippen molar-refractivity contribution in [3.05, 3.63) is 130 Å². The highest BCUT2D eigenvalue weighted by Gasteiger charge is 2.46. The first-order valence-electron chi connectivity index (χ1n) is 20.3. The lowest BCUT2D eigenvalue weighted by Crippen LogP contribution is -2.28. The summed E-state index contributed by atoms with van der Waals surface area (Å²) in [7, 11) is -8.84. The van der Waals surface area contributed by atoms with Crippen molar-refractivity contribution in [2.75, 3.05) is 36.1 Å². The molecule has 0 bridgehead atoms. The van der Waals surface area contributed by atoms with Gasteiger partial charge in [-0.05, 0) is 96.5 Å². The number of carbonyl (C=O) groups is 1. The minimum absolute atomic E-state index is 0.140. The molecule has 2 aliphatic heterocycles. The summed E-state index contributed by atoms with van der Waals surface area (Å²) >= 11 is 7.32. The molecule has 7 rings (SSSR count). The second kappa shape index (κ2) is 16.7. The van der Waals surface area contributed by atoms with Gasteiger partial charge in [-0.15, -0.1) is 0 Å². The summed E-state index contributed by atoms with van der Waals surface area (Å²) in [6.07, 6.45) is 8.81. The second-order valence-corrected chi connectivity index (χ2v) is 20.2. The molecule has 0 radical (unpaired) electrons. The van der Waals surface area contributed by atoms with Crippen LogP contribution in [0, 0.1) is 5.92 Å². The molecule has 2 heterocycles. The molecule has 0 aromatic heterocycles. The van der Waals surface area contributed by atoms with E-state index in [0.29, 0.717) is 31.0 Å². The molecule has 1 unspecified atom stereocenters. The summed E-state index contributed by atoms with van der Waals surface area (Å²) in [5, 5.41) is 4.80. The molecule has 0 saturated heterocycles. The molecule has 0 N–H and O–H groups in total. The van der Waals surface area contributed by atoms with Gasteiger partial charge in [-0.25, -0.2) is 16.8 Å². The minimum atomic E-state index is -4.42. The number of hydrogen-bond acceptors (Lipinski definition) is 9. The highest BCUT2D eigenvalue weighted by Crippen LogP contribution is 2.51. The Bertz CT molecular complexity index is 2780. The van der Waals surface area contributed by atoms with Gasteiger partial charge in [-0.1, -0.05) is 92.2 Å². The summed E-state index contributed by atoms with van der Waals surface area (Å²) < 4.78 is 77.5. The van der Waals surface area contributed by atoms with Crippen LogP contribution in [0.15, 0.2) is 119 Å². The molecule has 3 aliphatic rings. The molecule has 60 heavy (non-hydrogen) atoms. The van der Waals surface area contributed by atoms with Crippen LogP contribution in [0.5, 0.6) is 0 Å². The van der Waals surface area contributed by atoms with Crippen LogP contribution in [0.2, 0.25) is 0 Å². The highest BCUT2D eigenvalue weighted by molar-refractivity contribution is 7.85. The van der Waals surface area contributed by atoms with Gasteiger partial charge in [0.15, 0.2) is 5.71 Å². The zero-order valence-electron chi connectivity index (χ0n) is 34.5. The number of halogens is 1. The first kappa shape index (κ1) is 43.5. The third kappa shape index (κ3) is 8.63. The Labute approximate surface area is 358 Å². The predicted octanol–water partition coefficient (Wildman–Crippen LogP) is 8.87. The average Bonchev–Trinajstić information content (AvgIpc) is 3.54. The van der Waals surface area contributed by atoms with Crippen molar-refractivity contribution in [2.45, 2.75) is 71.1 Å². The largest absolute Gasteiger partial charge is 0.748 e. The Balaban J connectivity index is 1.32. The van der Waals surface area contributed by atoms with Gasteiger partial charge in [0.25, 0.3) is 0 Å². The molecule has 316 valence electrons. The molecule has 0 fully saturated rings. The predicted molar refractivity (Wildman–Crippen MR) is 237 cm³/mol. The lowest BCUT2D eigenvalue weighted by molar-refractivity contribution is -0.437. The van der Waals surface area contributed by atoms with Gasteiger partial charge in [0.05, 0.1) is 38.2 Å². The zero-order valence-corrected chi connectivity index (χ0v) is 36.9. The number of anilines is 1. The number of rotatable bonds is 13.